The van der Waals surface area contributed by atoms with Gasteiger partial charge < -0.3 is 5.73 Å². The van der Waals surface area contributed by atoms with Crippen molar-refractivity contribution in [3.63, 3.8) is 0 Å². The molecule has 2 N–H and O–H groups in total. The van der Waals surface area contributed by atoms with Crippen LogP contribution in [0.4, 0.5) is 5.69 Å². The smallest absolute Gasteiger partial charge is 0.245 e. The fourth-order valence-electron chi connectivity index (χ4n) is 3.15. The summed E-state index contributed by atoms with van der Waals surface area (Å²) < 4.78 is 28.0. The molecule has 4 nitrogen and oxygen atoms in total. The van der Waals surface area contributed by atoms with E-state index in [0.29, 0.717) is 17.1 Å². The van der Waals surface area contributed by atoms with Gasteiger partial charge in [-0.1, -0.05) is 25.8 Å². The topological polar surface area (TPSA) is 63.4 Å². The molecule has 1 unspecified atom stereocenters. The molecule has 1 aromatic rings. The van der Waals surface area contributed by atoms with Gasteiger partial charge in [-0.3, -0.25) is 0 Å². The molecule has 0 spiro atoms. The third-order valence-corrected chi connectivity index (χ3v) is 6.72. The SMILES string of the molecule is CCC1CCCCCN1S(=O)(=O)c1c(N)ccc(C)c1C. The first-order chi connectivity index (χ1) is 9.89. The van der Waals surface area contributed by atoms with E-state index in [2.05, 4.69) is 6.92 Å². The van der Waals surface area contributed by atoms with Gasteiger partial charge in [0.15, 0.2) is 0 Å². The van der Waals surface area contributed by atoms with Crippen molar-refractivity contribution >= 4 is 15.7 Å². The average Bonchev–Trinajstić information content (AvgIpc) is 2.68. The molecule has 118 valence electrons. The van der Waals surface area contributed by atoms with E-state index < -0.39 is 10.0 Å². The number of anilines is 1. The Balaban J connectivity index is 2.52. The van der Waals surface area contributed by atoms with Crippen LogP contribution in [0.2, 0.25) is 0 Å². The maximum atomic E-state index is 13.1. The molecule has 0 radical (unpaired) electrons. The molecule has 0 aliphatic carbocycles. The highest BCUT2D eigenvalue weighted by Crippen LogP contribution is 2.32. The number of nitrogen functional groups attached to an aromatic ring is 1. The molecule has 2 rings (SSSR count). The molecular weight excluding hydrogens is 284 g/mol. The van der Waals surface area contributed by atoms with Crippen molar-refractivity contribution in [2.24, 2.45) is 0 Å². The Hall–Kier alpha value is -1.07. The minimum atomic E-state index is -3.52. The Morgan fingerprint density at radius 1 is 1.24 bits per heavy atom. The van der Waals surface area contributed by atoms with Gasteiger partial charge in [-0.05, 0) is 50.3 Å². The summed E-state index contributed by atoms with van der Waals surface area (Å²) in [5, 5.41) is 0. The predicted molar refractivity (Wildman–Crippen MR) is 86.8 cm³/mol. The second kappa shape index (κ2) is 6.36. The Bertz CT molecular complexity index is 611. The first kappa shape index (κ1) is 16.3. The van der Waals surface area contributed by atoms with E-state index in [1.807, 2.05) is 19.9 Å². The van der Waals surface area contributed by atoms with Gasteiger partial charge in [0.2, 0.25) is 10.0 Å². The van der Waals surface area contributed by atoms with Gasteiger partial charge in [0.25, 0.3) is 0 Å². The summed E-state index contributed by atoms with van der Waals surface area (Å²) >= 11 is 0. The maximum absolute atomic E-state index is 13.1. The van der Waals surface area contributed by atoms with E-state index >= 15 is 0 Å². The molecule has 1 fully saturated rings. The van der Waals surface area contributed by atoms with Crippen LogP contribution in [0.15, 0.2) is 17.0 Å². The molecular formula is C16H26N2O2S. The van der Waals surface area contributed by atoms with Gasteiger partial charge in [-0.25, -0.2) is 8.42 Å². The standard InChI is InChI=1S/C16H26N2O2S/c1-4-14-8-6-5-7-11-18(14)21(19,20)16-13(3)12(2)9-10-15(16)17/h9-10,14H,4-8,11,17H2,1-3H3. The van der Waals surface area contributed by atoms with Gasteiger partial charge in [0, 0.05) is 12.6 Å². The van der Waals surface area contributed by atoms with Gasteiger partial charge in [-0.15, -0.1) is 0 Å². The van der Waals surface area contributed by atoms with Gasteiger partial charge >= 0.3 is 0 Å². The van der Waals surface area contributed by atoms with E-state index in [9.17, 15) is 8.42 Å². The summed E-state index contributed by atoms with van der Waals surface area (Å²) in [6.45, 7) is 6.43. The zero-order valence-corrected chi connectivity index (χ0v) is 14.0. The third kappa shape index (κ3) is 3.09. The van der Waals surface area contributed by atoms with Crippen molar-refractivity contribution in [2.45, 2.75) is 63.8 Å². The van der Waals surface area contributed by atoms with Crippen LogP contribution in [0, 0.1) is 13.8 Å². The van der Waals surface area contributed by atoms with Crippen molar-refractivity contribution in [1.82, 2.24) is 4.31 Å². The lowest BCUT2D eigenvalue weighted by Crippen LogP contribution is -2.40. The van der Waals surface area contributed by atoms with Gasteiger partial charge in [0.05, 0.1) is 5.69 Å². The number of rotatable bonds is 3. The molecule has 0 saturated carbocycles. The van der Waals surface area contributed by atoms with Crippen LogP contribution in [-0.4, -0.2) is 25.3 Å². The van der Waals surface area contributed by atoms with E-state index in [1.165, 1.54) is 0 Å². The summed E-state index contributed by atoms with van der Waals surface area (Å²) in [4.78, 5) is 0.308. The Morgan fingerprint density at radius 2 is 1.95 bits per heavy atom. The van der Waals surface area contributed by atoms with Crippen molar-refractivity contribution in [1.29, 1.82) is 0 Å². The van der Waals surface area contributed by atoms with Crippen LogP contribution >= 0.6 is 0 Å². The zero-order chi connectivity index (χ0) is 15.6. The van der Waals surface area contributed by atoms with Crippen molar-refractivity contribution < 1.29 is 8.42 Å². The lowest BCUT2D eigenvalue weighted by atomic mass is 10.1. The second-order valence-corrected chi connectivity index (χ2v) is 7.78. The zero-order valence-electron chi connectivity index (χ0n) is 13.2. The van der Waals surface area contributed by atoms with E-state index in [1.54, 1.807) is 10.4 Å². The van der Waals surface area contributed by atoms with Crippen molar-refractivity contribution in [3.05, 3.63) is 23.3 Å². The molecule has 0 amide bonds. The van der Waals surface area contributed by atoms with Crippen LogP contribution in [0.5, 0.6) is 0 Å². The van der Waals surface area contributed by atoms with E-state index in [0.717, 1.165) is 43.2 Å². The number of sulfonamides is 1. The highest BCUT2D eigenvalue weighted by molar-refractivity contribution is 7.89. The number of hydrogen-bond donors (Lipinski definition) is 1. The summed E-state index contributed by atoms with van der Waals surface area (Å²) in [5.41, 5.74) is 8.10. The average molecular weight is 310 g/mol. The molecule has 1 aromatic carbocycles. The summed E-state index contributed by atoms with van der Waals surface area (Å²) in [7, 11) is -3.52. The summed E-state index contributed by atoms with van der Waals surface area (Å²) in [5.74, 6) is 0. The second-order valence-electron chi connectivity index (χ2n) is 5.95. The predicted octanol–water partition coefficient (Wildman–Crippen LogP) is 3.23. The van der Waals surface area contributed by atoms with Crippen molar-refractivity contribution in [3.8, 4) is 0 Å². The number of aryl methyl sites for hydroxylation is 1. The Kier molecular flexibility index (Phi) is 4.94. The quantitative estimate of drug-likeness (QED) is 0.872. The van der Waals surface area contributed by atoms with Crippen LogP contribution in [-0.2, 0) is 10.0 Å². The number of nitrogens with two attached hydrogens (primary N) is 1. The monoisotopic (exact) mass is 310 g/mol. The highest BCUT2D eigenvalue weighted by Gasteiger charge is 2.33. The van der Waals surface area contributed by atoms with E-state index in [-0.39, 0.29) is 6.04 Å². The lowest BCUT2D eigenvalue weighted by Gasteiger charge is -2.29. The summed E-state index contributed by atoms with van der Waals surface area (Å²) in [6.07, 6.45) is 4.93. The molecule has 1 aliphatic rings. The molecule has 1 atom stereocenters. The third-order valence-electron chi connectivity index (χ3n) is 4.57. The summed E-state index contributed by atoms with van der Waals surface area (Å²) in [6, 6.07) is 3.68. The Morgan fingerprint density at radius 3 is 2.62 bits per heavy atom. The molecule has 5 heteroatoms. The molecule has 1 heterocycles. The van der Waals surface area contributed by atoms with Crippen LogP contribution in [0.25, 0.3) is 0 Å². The van der Waals surface area contributed by atoms with Crippen LogP contribution < -0.4 is 5.73 Å². The number of nitrogens with zero attached hydrogens (tertiary/aromatic N) is 1. The van der Waals surface area contributed by atoms with E-state index in [4.69, 9.17) is 5.73 Å². The first-order valence-corrected chi connectivity index (χ1v) is 9.21. The minimum Gasteiger partial charge on any atom is -0.398 e. The van der Waals surface area contributed by atoms with Crippen LogP contribution in [0.3, 0.4) is 0 Å². The van der Waals surface area contributed by atoms with Gasteiger partial charge in [-0.2, -0.15) is 4.31 Å². The largest absolute Gasteiger partial charge is 0.398 e. The minimum absolute atomic E-state index is 0.0943. The lowest BCUT2D eigenvalue weighted by molar-refractivity contribution is 0.315. The number of hydrogen-bond acceptors (Lipinski definition) is 3. The van der Waals surface area contributed by atoms with Crippen LogP contribution in [0.1, 0.15) is 50.2 Å². The normalized spacial score (nSPS) is 21.2. The molecule has 1 aliphatic heterocycles. The molecule has 21 heavy (non-hydrogen) atoms. The molecule has 0 aromatic heterocycles. The fourth-order valence-corrected chi connectivity index (χ4v) is 5.31. The number of benzene rings is 1. The molecule has 1 saturated heterocycles. The molecule has 0 bridgehead atoms. The maximum Gasteiger partial charge on any atom is 0.245 e. The van der Waals surface area contributed by atoms with Gasteiger partial charge in [0.1, 0.15) is 4.90 Å². The highest BCUT2D eigenvalue weighted by atomic mass is 32.2. The Labute approximate surface area is 128 Å². The fraction of sp³-hybridized carbons (Fsp3) is 0.625. The first-order valence-electron chi connectivity index (χ1n) is 7.77. The van der Waals surface area contributed by atoms with Crippen molar-refractivity contribution in [2.75, 3.05) is 12.3 Å².